The number of aromatic nitrogens is 1. The van der Waals surface area contributed by atoms with Gasteiger partial charge in [-0.25, -0.2) is 4.39 Å². The fourth-order valence-electron chi connectivity index (χ4n) is 5.42. The molecule has 158 valence electrons. The Labute approximate surface area is 182 Å². The van der Waals surface area contributed by atoms with Crippen molar-refractivity contribution in [3.05, 3.63) is 59.9 Å². The highest BCUT2D eigenvalue weighted by Gasteiger charge is 2.39. The number of piperidine rings is 1. The van der Waals surface area contributed by atoms with Crippen molar-refractivity contribution in [2.75, 3.05) is 7.05 Å². The molecule has 3 heterocycles. The van der Waals surface area contributed by atoms with Gasteiger partial charge < -0.3 is 14.8 Å². The van der Waals surface area contributed by atoms with Crippen molar-refractivity contribution in [2.24, 2.45) is 7.05 Å². The van der Waals surface area contributed by atoms with Crippen LogP contribution in [-0.2, 0) is 7.05 Å². The smallest absolute Gasteiger partial charge is 0.254 e. The van der Waals surface area contributed by atoms with E-state index in [1.807, 2.05) is 48.0 Å². The summed E-state index contributed by atoms with van der Waals surface area (Å²) in [5.41, 5.74) is 2.72. The number of carbonyl (C=O) groups is 1. The number of hydrogen-bond acceptors (Lipinski definition) is 2. The molecule has 2 saturated heterocycles. The maximum Gasteiger partial charge on any atom is 0.254 e. The Morgan fingerprint density at radius 3 is 2.33 bits per heavy atom. The summed E-state index contributed by atoms with van der Waals surface area (Å²) in [6.45, 7) is 0. The van der Waals surface area contributed by atoms with Crippen molar-refractivity contribution < 1.29 is 9.18 Å². The number of carbonyl (C=O) groups excluding carboxylic acids is 1. The van der Waals surface area contributed by atoms with Crippen LogP contribution in [0.15, 0.2) is 48.5 Å². The second-order valence-electron chi connectivity index (χ2n) is 8.48. The van der Waals surface area contributed by atoms with Gasteiger partial charge in [0, 0.05) is 30.6 Å². The van der Waals surface area contributed by atoms with Crippen molar-refractivity contribution in [3.8, 4) is 11.3 Å². The Morgan fingerprint density at radius 1 is 1.00 bits per heavy atom. The zero-order chi connectivity index (χ0) is 20.1. The molecular weight excluding hydrogens is 401 g/mol. The van der Waals surface area contributed by atoms with Gasteiger partial charge in [-0.1, -0.05) is 42.5 Å². The normalized spacial score (nSPS) is 23.4. The topological polar surface area (TPSA) is 37.3 Å². The third-order valence-corrected chi connectivity index (χ3v) is 6.87. The predicted octanol–water partition coefficient (Wildman–Crippen LogP) is 4.76. The van der Waals surface area contributed by atoms with Gasteiger partial charge in [-0.05, 0) is 44.4 Å². The molecule has 0 unspecified atom stereocenters. The van der Waals surface area contributed by atoms with Crippen LogP contribution in [0.5, 0.6) is 0 Å². The Bertz CT molecular complexity index is 1070. The van der Waals surface area contributed by atoms with Crippen LogP contribution in [0, 0.1) is 5.82 Å². The maximum absolute atomic E-state index is 14.7. The largest absolute Gasteiger partial charge is 0.349 e. The first-order chi connectivity index (χ1) is 14.0. The van der Waals surface area contributed by atoms with Crippen molar-refractivity contribution in [1.82, 2.24) is 14.8 Å². The van der Waals surface area contributed by atoms with Crippen molar-refractivity contribution in [3.63, 3.8) is 0 Å². The third-order valence-electron chi connectivity index (χ3n) is 6.87. The lowest BCUT2D eigenvalue weighted by Gasteiger charge is -2.36. The Kier molecular flexibility index (Phi) is 5.60. The number of nitrogens with one attached hydrogen (secondary N) is 1. The quantitative estimate of drug-likeness (QED) is 0.654. The first kappa shape index (κ1) is 20.9. The molecular formula is C24H27ClFN3O. The molecule has 0 spiro atoms. The monoisotopic (exact) mass is 427 g/mol. The first-order valence-electron chi connectivity index (χ1n) is 10.4. The summed E-state index contributed by atoms with van der Waals surface area (Å²) in [7, 11) is 4.03. The van der Waals surface area contributed by atoms with E-state index in [1.165, 1.54) is 18.9 Å². The Balaban J connectivity index is 0.00000218. The summed E-state index contributed by atoms with van der Waals surface area (Å²) in [6.07, 6.45) is 4.39. The van der Waals surface area contributed by atoms with Crippen LogP contribution in [-0.4, -0.2) is 40.5 Å². The van der Waals surface area contributed by atoms with Gasteiger partial charge in [0.25, 0.3) is 5.91 Å². The van der Waals surface area contributed by atoms with E-state index in [9.17, 15) is 9.18 Å². The molecule has 5 rings (SSSR count). The second-order valence-corrected chi connectivity index (χ2v) is 8.48. The number of para-hydroxylation sites is 1. The SMILES string of the molecule is CN1[C@@H]2CC[C@H]1C[C@@H](NC(=O)c1c(-c3ccccc3)n(C)c3c(F)cccc13)C2.Cl. The van der Waals surface area contributed by atoms with Crippen LogP contribution in [0.3, 0.4) is 0 Å². The minimum Gasteiger partial charge on any atom is -0.349 e. The molecule has 2 aliphatic heterocycles. The van der Waals surface area contributed by atoms with Gasteiger partial charge >= 0.3 is 0 Å². The Hall–Kier alpha value is -2.37. The lowest BCUT2D eigenvalue weighted by molar-refractivity contribution is 0.0884. The summed E-state index contributed by atoms with van der Waals surface area (Å²) in [5, 5.41) is 3.96. The second kappa shape index (κ2) is 8.05. The van der Waals surface area contributed by atoms with Gasteiger partial charge in [-0.15, -0.1) is 12.4 Å². The zero-order valence-electron chi connectivity index (χ0n) is 17.3. The van der Waals surface area contributed by atoms with Crippen LogP contribution >= 0.6 is 12.4 Å². The molecule has 1 amide bonds. The predicted molar refractivity (Wildman–Crippen MR) is 121 cm³/mol. The van der Waals surface area contributed by atoms with Gasteiger partial charge in [0.05, 0.1) is 16.8 Å². The van der Waals surface area contributed by atoms with Crippen LogP contribution in [0.2, 0.25) is 0 Å². The maximum atomic E-state index is 14.7. The first-order valence-corrected chi connectivity index (χ1v) is 10.4. The molecule has 3 aromatic rings. The molecule has 4 nitrogen and oxygen atoms in total. The number of nitrogens with zero attached hydrogens (tertiary/aromatic N) is 2. The number of aryl methyl sites for hydroxylation is 1. The highest BCUT2D eigenvalue weighted by atomic mass is 35.5. The molecule has 1 aromatic heterocycles. The fraction of sp³-hybridized carbons (Fsp3) is 0.375. The fourth-order valence-corrected chi connectivity index (χ4v) is 5.42. The average Bonchev–Trinajstić information content (AvgIpc) is 3.11. The molecule has 2 bridgehead atoms. The highest BCUT2D eigenvalue weighted by molar-refractivity contribution is 6.13. The van der Waals surface area contributed by atoms with E-state index in [0.717, 1.165) is 24.1 Å². The zero-order valence-corrected chi connectivity index (χ0v) is 18.1. The van der Waals surface area contributed by atoms with E-state index in [0.29, 0.717) is 28.6 Å². The highest BCUT2D eigenvalue weighted by Crippen LogP contribution is 2.36. The van der Waals surface area contributed by atoms with Crippen LogP contribution in [0.25, 0.3) is 22.2 Å². The number of amides is 1. The molecule has 1 N–H and O–H groups in total. The molecule has 6 heteroatoms. The van der Waals surface area contributed by atoms with E-state index >= 15 is 0 Å². The number of rotatable bonds is 3. The number of hydrogen-bond donors (Lipinski definition) is 1. The molecule has 0 saturated carbocycles. The molecule has 2 aromatic carbocycles. The number of fused-ring (bicyclic) bond motifs is 3. The molecule has 2 aliphatic rings. The van der Waals surface area contributed by atoms with Gasteiger partial charge in [-0.2, -0.15) is 0 Å². The summed E-state index contributed by atoms with van der Waals surface area (Å²) in [4.78, 5) is 16.0. The average molecular weight is 428 g/mol. The molecule has 3 atom stereocenters. The van der Waals surface area contributed by atoms with Crippen LogP contribution < -0.4 is 5.32 Å². The van der Waals surface area contributed by atoms with Crippen molar-refractivity contribution in [1.29, 1.82) is 0 Å². The van der Waals surface area contributed by atoms with Gasteiger partial charge in [0.2, 0.25) is 0 Å². The third kappa shape index (κ3) is 3.30. The Morgan fingerprint density at radius 2 is 1.67 bits per heavy atom. The van der Waals surface area contributed by atoms with E-state index < -0.39 is 0 Å². The van der Waals surface area contributed by atoms with Crippen molar-refractivity contribution >= 4 is 29.2 Å². The van der Waals surface area contributed by atoms with Crippen LogP contribution in [0.4, 0.5) is 4.39 Å². The molecule has 0 radical (unpaired) electrons. The number of benzene rings is 2. The van der Waals surface area contributed by atoms with E-state index in [-0.39, 0.29) is 30.2 Å². The van der Waals surface area contributed by atoms with E-state index in [2.05, 4.69) is 17.3 Å². The van der Waals surface area contributed by atoms with Crippen LogP contribution in [0.1, 0.15) is 36.0 Å². The van der Waals surface area contributed by atoms with Gasteiger partial charge in [0.15, 0.2) is 0 Å². The van der Waals surface area contributed by atoms with Gasteiger partial charge in [0.1, 0.15) is 5.82 Å². The summed E-state index contributed by atoms with van der Waals surface area (Å²) in [6, 6.07) is 16.0. The lowest BCUT2D eigenvalue weighted by atomic mass is 9.97. The molecule has 2 fully saturated rings. The number of halogens is 2. The summed E-state index contributed by atoms with van der Waals surface area (Å²) < 4.78 is 16.5. The van der Waals surface area contributed by atoms with E-state index in [4.69, 9.17) is 0 Å². The van der Waals surface area contributed by atoms with E-state index in [1.54, 1.807) is 6.07 Å². The standard InChI is InChI=1S/C24H26FN3O.ClH/c1-27-17-11-12-18(27)14-16(13-17)26-24(29)21-19-9-6-10-20(25)23(19)28(2)22(21)15-7-4-3-5-8-15;/h3-10,16-18H,11-14H2,1-2H3,(H,26,29);1H/t16-,17+,18-;. The molecule has 30 heavy (non-hydrogen) atoms. The van der Waals surface area contributed by atoms with Crippen molar-refractivity contribution in [2.45, 2.75) is 43.8 Å². The lowest BCUT2D eigenvalue weighted by Crippen LogP contribution is -2.48. The summed E-state index contributed by atoms with van der Waals surface area (Å²) >= 11 is 0. The minimum atomic E-state index is -0.307. The minimum absolute atomic E-state index is 0. The van der Waals surface area contributed by atoms with Gasteiger partial charge in [-0.3, -0.25) is 4.79 Å². The molecule has 0 aliphatic carbocycles. The summed E-state index contributed by atoms with van der Waals surface area (Å²) in [5.74, 6) is -0.410.